The second-order valence-electron chi connectivity index (χ2n) is 6.78. The van der Waals surface area contributed by atoms with Crippen molar-refractivity contribution < 1.29 is 19.0 Å². The van der Waals surface area contributed by atoms with Crippen LogP contribution in [-0.2, 0) is 14.2 Å². The Bertz CT molecular complexity index is 931. The number of ether oxygens (including phenoxy) is 3. The first-order valence-electron chi connectivity index (χ1n) is 9.45. The van der Waals surface area contributed by atoms with Crippen molar-refractivity contribution in [2.45, 2.75) is 31.3 Å². The van der Waals surface area contributed by atoms with Crippen LogP contribution in [0.25, 0.3) is 11.3 Å². The molecule has 1 aromatic carbocycles. The minimum Gasteiger partial charge on any atom is -0.441 e. The van der Waals surface area contributed by atoms with E-state index in [0.717, 1.165) is 5.56 Å². The average molecular weight is 395 g/mol. The number of nitrogens with zero attached hydrogens (tertiary/aromatic N) is 3. The SMILES string of the molecule is CCNC(=O)O[C@@H]1CO[C@H]2[C@@H]1OC[C@@H]2Nc1nccc(-c2cccc(C#N)c2)n1. The molecule has 150 valence electrons. The van der Waals surface area contributed by atoms with Crippen LogP contribution in [0.3, 0.4) is 0 Å². The number of nitriles is 1. The summed E-state index contributed by atoms with van der Waals surface area (Å²) in [7, 11) is 0. The van der Waals surface area contributed by atoms with E-state index in [9.17, 15) is 4.79 Å². The van der Waals surface area contributed by atoms with E-state index in [2.05, 4.69) is 26.7 Å². The lowest BCUT2D eigenvalue weighted by Gasteiger charge is -2.18. The lowest BCUT2D eigenvalue weighted by Crippen LogP contribution is -2.39. The van der Waals surface area contributed by atoms with Crippen LogP contribution in [0.1, 0.15) is 12.5 Å². The third-order valence-corrected chi connectivity index (χ3v) is 4.85. The maximum absolute atomic E-state index is 11.7. The number of benzene rings is 1. The first kappa shape index (κ1) is 19.1. The second-order valence-corrected chi connectivity index (χ2v) is 6.78. The fraction of sp³-hybridized carbons (Fsp3) is 0.400. The highest BCUT2D eigenvalue weighted by atomic mass is 16.6. The van der Waals surface area contributed by atoms with E-state index in [1.807, 2.05) is 19.1 Å². The predicted molar refractivity (Wildman–Crippen MR) is 103 cm³/mol. The Morgan fingerprint density at radius 2 is 2.17 bits per heavy atom. The van der Waals surface area contributed by atoms with Gasteiger partial charge in [0, 0.05) is 18.3 Å². The lowest BCUT2D eigenvalue weighted by molar-refractivity contribution is 0.00462. The van der Waals surface area contributed by atoms with Gasteiger partial charge in [0.2, 0.25) is 5.95 Å². The van der Waals surface area contributed by atoms with E-state index in [0.29, 0.717) is 30.4 Å². The van der Waals surface area contributed by atoms with Gasteiger partial charge >= 0.3 is 6.09 Å². The Morgan fingerprint density at radius 1 is 1.31 bits per heavy atom. The lowest BCUT2D eigenvalue weighted by atomic mass is 10.1. The molecule has 4 atom stereocenters. The number of carbonyl (C=O) groups excluding carboxylic acids is 1. The number of amides is 1. The van der Waals surface area contributed by atoms with Crippen LogP contribution in [0.5, 0.6) is 0 Å². The Labute approximate surface area is 168 Å². The molecular weight excluding hydrogens is 374 g/mol. The van der Waals surface area contributed by atoms with E-state index in [-0.39, 0.29) is 24.9 Å². The highest BCUT2D eigenvalue weighted by Crippen LogP contribution is 2.30. The van der Waals surface area contributed by atoms with Crippen LogP contribution >= 0.6 is 0 Å². The molecule has 9 nitrogen and oxygen atoms in total. The Morgan fingerprint density at radius 3 is 3.00 bits per heavy atom. The van der Waals surface area contributed by atoms with Crippen LogP contribution < -0.4 is 10.6 Å². The molecule has 4 rings (SSSR count). The van der Waals surface area contributed by atoms with Crippen molar-refractivity contribution in [3.8, 4) is 17.3 Å². The van der Waals surface area contributed by atoms with Crippen LogP contribution in [0.2, 0.25) is 0 Å². The summed E-state index contributed by atoms with van der Waals surface area (Å²) in [4.78, 5) is 20.5. The zero-order chi connectivity index (χ0) is 20.2. The molecule has 0 unspecified atom stereocenters. The van der Waals surface area contributed by atoms with Crippen molar-refractivity contribution in [3.63, 3.8) is 0 Å². The van der Waals surface area contributed by atoms with Crippen LogP contribution in [0.15, 0.2) is 36.5 Å². The van der Waals surface area contributed by atoms with Crippen molar-refractivity contribution in [3.05, 3.63) is 42.1 Å². The molecule has 0 aliphatic carbocycles. The zero-order valence-corrected chi connectivity index (χ0v) is 15.9. The first-order chi connectivity index (χ1) is 14.2. The minimum absolute atomic E-state index is 0.163. The molecule has 1 aromatic heterocycles. The summed E-state index contributed by atoms with van der Waals surface area (Å²) in [5, 5.41) is 15.0. The third-order valence-electron chi connectivity index (χ3n) is 4.85. The van der Waals surface area contributed by atoms with E-state index < -0.39 is 12.2 Å². The predicted octanol–water partition coefficient (Wildman–Crippen LogP) is 1.71. The number of carbonyl (C=O) groups is 1. The molecule has 3 heterocycles. The quantitative estimate of drug-likeness (QED) is 0.785. The summed E-state index contributed by atoms with van der Waals surface area (Å²) in [5.74, 6) is 0.441. The van der Waals surface area contributed by atoms with E-state index in [4.69, 9.17) is 19.5 Å². The van der Waals surface area contributed by atoms with Gasteiger partial charge in [-0.3, -0.25) is 0 Å². The largest absolute Gasteiger partial charge is 0.441 e. The molecular formula is C20H21N5O4. The number of fused-ring (bicyclic) bond motifs is 1. The minimum atomic E-state index is -0.475. The number of rotatable bonds is 5. The number of hydrogen-bond donors (Lipinski definition) is 2. The van der Waals surface area contributed by atoms with E-state index >= 15 is 0 Å². The molecule has 0 bridgehead atoms. The topological polar surface area (TPSA) is 118 Å². The fourth-order valence-corrected chi connectivity index (χ4v) is 3.52. The number of alkyl carbamates (subject to hydrolysis) is 1. The average Bonchev–Trinajstić information content (AvgIpc) is 3.32. The van der Waals surface area contributed by atoms with Crippen molar-refractivity contribution in [1.82, 2.24) is 15.3 Å². The van der Waals surface area contributed by atoms with Gasteiger partial charge in [-0.05, 0) is 25.1 Å². The number of nitrogens with one attached hydrogen (secondary N) is 2. The van der Waals surface area contributed by atoms with Gasteiger partial charge in [0.05, 0.1) is 36.6 Å². The summed E-state index contributed by atoms with van der Waals surface area (Å²) in [6, 6.07) is 11.0. The Hall–Kier alpha value is -3.22. The molecule has 2 saturated heterocycles. The molecule has 2 aliphatic rings. The summed E-state index contributed by atoms with van der Waals surface area (Å²) in [6.45, 7) is 3.00. The molecule has 0 spiro atoms. The van der Waals surface area contributed by atoms with Crippen molar-refractivity contribution in [2.24, 2.45) is 0 Å². The van der Waals surface area contributed by atoms with Gasteiger partial charge in [-0.25, -0.2) is 14.8 Å². The highest BCUT2D eigenvalue weighted by molar-refractivity contribution is 5.67. The molecule has 2 aliphatic heterocycles. The number of anilines is 1. The van der Waals surface area contributed by atoms with E-state index in [1.54, 1.807) is 24.4 Å². The number of aromatic nitrogens is 2. The second kappa shape index (κ2) is 8.43. The van der Waals surface area contributed by atoms with Crippen LogP contribution in [0.4, 0.5) is 10.7 Å². The molecule has 0 radical (unpaired) electrons. The van der Waals surface area contributed by atoms with Gasteiger partial charge in [0.25, 0.3) is 0 Å². The van der Waals surface area contributed by atoms with Gasteiger partial charge in [-0.15, -0.1) is 0 Å². The van der Waals surface area contributed by atoms with Gasteiger partial charge in [0.1, 0.15) is 12.2 Å². The van der Waals surface area contributed by atoms with Crippen LogP contribution in [-0.4, -0.2) is 60.2 Å². The summed E-state index contributed by atoms with van der Waals surface area (Å²) in [5.41, 5.74) is 2.11. The Balaban J connectivity index is 1.43. The smallest absolute Gasteiger partial charge is 0.407 e. The summed E-state index contributed by atoms with van der Waals surface area (Å²) >= 11 is 0. The maximum Gasteiger partial charge on any atom is 0.407 e. The first-order valence-corrected chi connectivity index (χ1v) is 9.45. The van der Waals surface area contributed by atoms with Crippen molar-refractivity contribution in [2.75, 3.05) is 25.1 Å². The van der Waals surface area contributed by atoms with Gasteiger partial charge in [-0.1, -0.05) is 12.1 Å². The van der Waals surface area contributed by atoms with Crippen LogP contribution in [0, 0.1) is 11.3 Å². The van der Waals surface area contributed by atoms with E-state index in [1.165, 1.54) is 0 Å². The summed E-state index contributed by atoms with van der Waals surface area (Å²) < 4.78 is 17.0. The molecule has 1 amide bonds. The van der Waals surface area contributed by atoms with Gasteiger partial charge < -0.3 is 24.8 Å². The fourth-order valence-electron chi connectivity index (χ4n) is 3.52. The molecule has 2 aromatic rings. The normalized spacial score (nSPS) is 25.1. The monoisotopic (exact) mass is 395 g/mol. The molecule has 29 heavy (non-hydrogen) atoms. The van der Waals surface area contributed by atoms with Gasteiger partial charge in [0.15, 0.2) is 6.10 Å². The van der Waals surface area contributed by atoms with Gasteiger partial charge in [-0.2, -0.15) is 5.26 Å². The molecule has 0 saturated carbocycles. The third kappa shape index (κ3) is 4.13. The highest BCUT2D eigenvalue weighted by Gasteiger charge is 2.49. The summed E-state index contributed by atoms with van der Waals surface area (Å²) in [6.07, 6.45) is 0.152. The molecule has 9 heteroatoms. The van der Waals surface area contributed by atoms with Crippen molar-refractivity contribution in [1.29, 1.82) is 5.26 Å². The maximum atomic E-state index is 11.7. The Kier molecular flexibility index (Phi) is 5.55. The number of hydrogen-bond acceptors (Lipinski definition) is 8. The molecule has 2 N–H and O–H groups in total. The molecule has 2 fully saturated rings. The standard InChI is InChI=1S/C20H21N5O4/c1-2-22-20(26)29-16-11-28-17-15(10-27-18(16)17)25-19-23-7-6-14(24-19)13-5-3-4-12(8-13)9-21/h3-8,15-18H,2,10-11H2,1H3,(H,22,26)(H,23,24,25)/t15-,16+,17+,18+/m0/s1. The van der Waals surface area contributed by atoms with Crippen molar-refractivity contribution >= 4 is 12.0 Å². The zero-order valence-electron chi connectivity index (χ0n) is 15.9.